The maximum Gasteiger partial charge on any atom is 0.258 e. The Balaban J connectivity index is 2.32. The first-order valence-electron chi connectivity index (χ1n) is 5.47. The monoisotopic (exact) mass is 279 g/mol. The topological polar surface area (TPSA) is 89.8 Å². The number of nitrogens with one attached hydrogen (secondary N) is 1. The molecule has 0 fully saturated rings. The average Bonchev–Trinajstić information content (AvgIpc) is 2.74. The van der Waals surface area contributed by atoms with Gasteiger partial charge in [-0.25, -0.2) is 4.68 Å². The molecule has 0 aliphatic rings. The number of carbonyl (C=O) groups excluding carboxylic acids is 1. The van der Waals surface area contributed by atoms with Crippen LogP contribution < -0.4 is 5.32 Å². The highest BCUT2D eigenvalue weighted by Gasteiger charge is 2.15. The van der Waals surface area contributed by atoms with E-state index in [1.54, 1.807) is 38.4 Å². The number of nitrogens with zero attached hydrogens (tertiary/aromatic N) is 4. The van der Waals surface area contributed by atoms with Crippen LogP contribution in [0.3, 0.4) is 0 Å². The van der Waals surface area contributed by atoms with Gasteiger partial charge in [0.1, 0.15) is 0 Å². The van der Waals surface area contributed by atoms with E-state index in [0.717, 1.165) is 0 Å². The van der Waals surface area contributed by atoms with Crippen molar-refractivity contribution in [2.45, 2.75) is 11.8 Å². The van der Waals surface area contributed by atoms with E-state index in [-0.39, 0.29) is 11.9 Å². The van der Waals surface area contributed by atoms with Crippen LogP contribution in [0.25, 0.3) is 0 Å². The smallest absolute Gasteiger partial charge is 0.258 e. The van der Waals surface area contributed by atoms with Gasteiger partial charge in [-0.05, 0) is 35.0 Å². The van der Waals surface area contributed by atoms with Gasteiger partial charge in [0.25, 0.3) is 5.91 Å². The molecule has 0 saturated carbocycles. The van der Waals surface area contributed by atoms with Crippen molar-refractivity contribution in [1.82, 2.24) is 20.2 Å². The summed E-state index contributed by atoms with van der Waals surface area (Å²) < 4.78 is 12.9. The van der Waals surface area contributed by atoms with E-state index >= 15 is 0 Å². The van der Waals surface area contributed by atoms with E-state index in [1.165, 1.54) is 4.68 Å². The zero-order chi connectivity index (χ0) is 14.0. The number of hydrogen-bond acceptors (Lipinski definition) is 5. The van der Waals surface area contributed by atoms with Crippen LogP contribution >= 0.6 is 0 Å². The molecule has 0 aliphatic carbocycles. The fraction of sp³-hybridized carbons (Fsp3) is 0.273. The second-order valence-electron chi connectivity index (χ2n) is 3.96. The maximum absolute atomic E-state index is 12.1. The van der Waals surface area contributed by atoms with E-state index in [4.69, 9.17) is 0 Å². The summed E-state index contributed by atoms with van der Waals surface area (Å²) in [6.07, 6.45) is 1.58. The minimum atomic E-state index is -1.14. The van der Waals surface area contributed by atoms with E-state index in [9.17, 15) is 9.00 Å². The predicted molar refractivity (Wildman–Crippen MR) is 70.3 cm³/mol. The zero-order valence-electron chi connectivity index (χ0n) is 10.7. The number of carbonyl (C=O) groups is 1. The Morgan fingerprint density at radius 2 is 2.16 bits per heavy atom. The van der Waals surface area contributed by atoms with Gasteiger partial charge in [-0.3, -0.25) is 14.3 Å². The van der Waals surface area contributed by atoms with Crippen molar-refractivity contribution in [3.63, 3.8) is 0 Å². The number of aromatic nitrogens is 4. The third kappa shape index (κ3) is 2.68. The Bertz CT molecular complexity index is 652. The Morgan fingerprint density at radius 1 is 1.42 bits per heavy atom. The number of tetrazole rings is 1. The zero-order valence-corrected chi connectivity index (χ0v) is 11.6. The summed E-state index contributed by atoms with van der Waals surface area (Å²) in [5.41, 5.74) is 1.15. The van der Waals surface area contributed by atoms with Gasteiger partial charge in [0, 0.05) is 23.8 Å². The summed E-state index contributed by atoms with van der Waals surface area (Å²) in [7, 11) is 0.489. The van der Waals surface area contributed by atoms with Crippen LogP contribution in [0.15, 0.2) is 23.1 Å². The molecular weight excluding hydrogens is 266 g/mol. The van der Waals surface area contributed by atoms with Crippen molar-refractivity contribution in [3.8, 4) is 0 Å². The third-order valence-electron chi connectivity index (χ3n) is 2.68. The summed E-state index contributed by atoms with van der Waals surface area (Å²) >= 11 is 0. The quantitative estimate of drug-likeness (QED) is 0.884. The number of rotatable bonds is 3. The number of anilines is 1. The lowest BCUT2D eigenvalue weighted by Gasteiger charge is -2.09. The summed E-state index contributed by atoms with van der Waals surface area (Å²) in [5.74, 6) is -0.0740. The first kappa shape index (κ1) is 13.3. The molecule has 1 N–H and O–H groups in total. The van der Waals surface area contributed by atoms with Crippen LogP contribution in [0.1, 0.15) is 15.9 Å². The van der Waals surface area contributed by atoms with Crippen LogP contribution in [0.2, 0.25) is 0 Å². The molecule has 1 heterocycles. The second kappa shape index (κ2) is 5.27. The van der Waals surface area contributed by atoms with Crippen LogP contribution in [0.4, 0.5) is 5.95 Å². The third-order valence-corrected chi connectivity index (χ3v) is 3.75. The normalized spacial score (nSPS) is 12.2. The van der Waals surface area contributed by atoms with Crippen molar-refractivity contribution in [1.29, 1.82) is 0 Å². The SMILES string of the molecule is Cc1c(C(=O)Nc2nnnn2C)cccc1[S@@](C)=O. The minimum absolute atomic E-state index is 0.257. The van der Waals surface area contributed by atoms with Crippen LogP contribution in [0, 0.1) is 6.92 Å². The first-order valence-corrected chi connectivity index (χ1v) is 7.03. The largest absolute Gasteiger partial charge is 0.289 e. The van der Waals surface area contributed by atoms with Crippen LogP contribution in [0.5, 0.6) is 0 Å². The molecular formula is C11H13N5O2S. The van der Waals surface area contributed by atoms with Crippen molar-refractivity contribution in [3.05, 3.63) is 29.3 Å². The van der Waals surface area contributed by atoms with Gasteiger partial charge in [-0.1, -0.05) is 11.2 Å². The van der Waals surface area contributed by atoms with Gasteiger partial charge in [0.15, 0.2) is 0 Å². The highest BCUT2D eigenvalue weighted by atomic mass is 32.2. The van der Waals surface area contributed by atoms with Gasteiger partial charge in [-0.2, -0.15) is 0 Å². The lowest BCUT2D eigenvalue weighted by molar-refractivity contribution is 0.102. The molecule has 2 rings (SSSR count). The van der Waals surface area contributed by atoms with Gasteiger partial charge in [-0.15, -0.1) is 0 Å². The van der Waals surface area contributed by atoms with Crippen LogP contribution in [-0.4, -0.2) is 36.6 Å². The summed E-state index contributed by atoms with van der Waals surface area (Å²) in [4.78, 5) is 12.8. The van der Waals surface area contributed by atoms with Gasteiger partial charge >= 0.3 is 0 Å². The molecule has 100 valence electrons. The van der Waals surface area contributed by atoms with E-state index < -0.39 is 10.8 Å². The predicted octanol–water partition coefficient (Wildman–Crippen LogP) is 0.508. The molecule has 1 atom stereocenters. The second-order valence-corrected chi connectivity index (χ2v) is 5.31. The molecule has 0 radical (unpaired) electrons. The van der Waals surface area contributed by atoms with Crippen molar-refractivity contribution < 1.29 is 9.00 Å². The molecule has 1 aromatic carbocycles. The standard InChI is InChI=1S/C11H13N5O2S/c1-7-8(5-4-6-9(7)19(3)18)10(17)12-11-13-14-15-16(11)2/h4-6H,1-3H3,(H,12,13,15,17)/t19-/m1/s1. The molecule has 0 unspecified atom stereocenters. The summed E-state index contributed by atoms with van der Waals surface area (Å²) in [6, 6.07) is 5.12. The van der Waals surface area contributed by atoms with E-state index in [2.05, 4.69) is 20.8 Å². The van der Waals surface area contributed by atoms with Crippen LogP contribution in [-0.2, 0) is 17.8 Å². The number of hydrogen-bond donors (Lipinski definition) is 1. The maximum atomic E-state index is 12.1. The Labute approximate surface area is 112 Å². The molecule has 7 nitrogen and oxygen atoms in total. The highest BCUT2D eigenvalue weighted by molar-refractivity contribution is 7.84. The molecule has 8 heteroatoms. The molecule has 0 saturated heterocycles. The fourth-order valence-corrected chi connectivity index (χ4v) is 2.49. The molecule has 1 aromatic heterocycles. The lowest BCUT2D eigenvalue weighted by Crippen LogP contribution is -2.17. The number of aryl methyl sites for hydroxylation is 1. The number of benzene rings is 1. The fourth-order valence-electron chi connectivity index (χ4n) is 1.68. The molecule has 0 bridgehead atoms. The Kier molecular flexibility index (Phi) is 3.70. The van der Waals surface area contributed by atoms with Crippen molar-refractivity contribution in [2.24, 2.45) is 7.05 Å². The average molecular weight is 279 g/mol. The van der Waals surface area contributed by atoms with Gasteiger partial charge in [0.2, 0.25) is 5.95 Å². The molecule has 1 amide bonds. The van der Waals surface area contributed by atoms with E-state index in [0.29, 0.717) is 16.0 Å². The molecule has 0 spiro atoms. The van der Waals surface area contributed by atoms with Gasteiger partial charge < -0.3 is 0 Å². The molecule has 0 aliphatic heterocycles. The highest BCUT2D eigenvalue weighted by Crippen LogP contribution is 2.17. The van der Waals surface area contributed by atoms with Crippen molar-refractivity contribution >= 4 is 22.7 Å². The first-order chi connectivity index (χ1) is 9.00. The number of amides is 1. The van der Waals surface area contributed by atoms with E-state index in [1.807, 2.05) is 0 Å². The summed E-state index contributed by atoms with van der Waals surface area (Å²) in [6.45, 7) is 1.76. The molecule has 2 aromatic rings. The Morgan fingerprint density at radius 3 is 2.74 bits per heavy atom. The minimum Gasteiger partial charge on any atom is -0.289 e. The Hall–Kier alpha value is -2.09. The lowest BCUT2D eigenvalue weighted by atomic mass is 10.1. The van der Waals surface area contributed by atoms with Crippen molar-refractivity contribution in [2.75, 3.05) is 11.6 Å². The summed E-state index contributed by atoms with van der Waals surface area (Å²) in [5, 5.41) is 13.3. The van der Waals surface area contributed by atoms with Gasteiger partial charge in [0.05, 0.1) is 10.8 Å². The molecule has 19 heavy (non-hydrogen) atoms.